The maximum Gasteiger partial charge on any atom is 0.251 e. The lowest BCUT2D eigenvalue weighted by molar-refractivity contribution is 0.0951. The molecule has 0 aliphatic heterocycles. The van der Waals surface area contributed by atoms with Crippen LogP contribution in [-0.2, 0) is 10.0 Å². The van der Waals surface area contributed by atoms with E-state index in [2.05, 4.69) is 12.2 Å². The van der Waals surface area contributed by atoms with Crippen LogP contribution in [0, 0.1) is 0 Å². The summed E-state index contributed by atoms with van der Waals surface area (Å²) in [6.07, 6.45) is 5.08. The normalized spacial score (nSPS) is 16.5. The first kappa shape index (κ1) is 21.5. The predicted molar refractivity (Wildman–Crippen MR) is 115 cm³/mol. The molecule has 1 N–H and O–H groups in total. The number of rotatable bonds is 7. The number of hydrogen-bond acceptors (Lipinski definition) is 3. The highest BCUT2D eigenvalue weighted by Crippen LogP contribution is 2.26. The van der Waals surface area contributed by atoms with Crippen molar-refractivity contribution in [3.8, 4) is 0 Å². The van der Waals surface area contributed by atoms with E-state index < -0.39 is 10.0 Å². The zero-order valence-corrected chi connectivity index (χ0v) is 18.0. The van der Waals surface area contributed by atoms with Crippen molar-refractivity contribution in [3.05, 3.63) is 65.7 Å². The molecule has 0 spiro atoms. The molecule has 1 fully saturated rings. The summed E-state index contributed by atoms with van der Waals surface area (Å²) in [4.78, 5) is 12.8. The zero-order valence-electron chi connectivity index (χ0n) is 17.2. The molecule has 1 amide bonds. The van der Waals surface area contributed by atoms with Crippen molar-refractivity contribution < 1.29 is 13.2 Å². The Balaban J connectivity index is 1.68. The Labute approximate surface area is 174 Å². The molecule has 5 nitrogen and oxygen atoms in total. The molecule has 0 heterocycles. The molecule has 2 aromatic carbocycles. The van der Waals surface area contributed by atoms with E-state index in [0.29, 0.717) is 12.1 Å². The molecule has 0 aromatic heterocycles. The average Bonchev–Trinajstić information content (AvgIpc) is 2.78. The van der Waals surface area contributed by atoms with Gasteiger partial charge in [-0.2, -0.15) is 4.31 Å². The van der Waals surface area contributed by atoms with E-state index in [1.165, 1.54) is 16.8 Å². The van der Waals surface area contributed by atoms with Gasteiger partial charge in [0.1, 0.15) is 0 Å². The van der Waals surface area contributed by atoms with E-state index >= 15 is 0 Å². The van der Waals surface area contributed by atoms with Crippen LogP contribution in [0.3, 0.4) is 0 Å². The summed E-state index contributed by atoms with van der Waals surface area (Å²) in [6.45, 7) is 2.54. The summed E-state index contributed by atoms with van der Waals surface area (Å²) in [5, 5.41) is 2.92. The van der Waals surface area contributed by atoms with Crippen molar-refractivity contribution in [2.75, 3.05) is 13.6 Å². The summed E-state index contributed by atoms with van der Waals surface area (Å²) < 4.78 is 27.6. The summed E-state index contributed by atoms with van der Waals surface area (Å²) in [5.74, 6) is -0.0883. The Morgan fingerprint density at radius 3 is 2.45 bits per heavy atom. The number of amides is 1. The number of nitrogens with zero attached hydrogens (tertiary/aromatic N) is 1. The quantitative estimate of drug-likeness (QED) is 0.739. The fourth-order valence-corrected chi connectivity index (χ4v) is 5.31. The number of carbonyl (C=O) groups excluding carboxylic acids is 1. The predicted octanol–water partition coefficient (Wildman–Crippen LogP) is 4.17. The van der Waals surface area contributed by atoms with Gasteiger partial charge in [0.2, 0.25) is 10.0 Å². The summed E-state index contributed by atoms with van der Waals surface area (Å²) in [7, 11) is -1.96. The van der Waals surface area contributed by atoms with Gasteiger partial charge in [0.05, 0.1) is 4.90 Å². The van der Waals surface area contributed by atoms with Crippen LogP contribution in [0.25, 0.3) is 0 Å². The van der Waals surface area contributed by atoms with Crippen LogP contribution in [0.15, 0.2) is 59.5 Å². The molecular weight excluding hydrogens is 384 g/mol. The van der Waals surface area contributed by atoms with Gasteiger partial charge in [-0.25, -0.2) is 8.42 Å². The van der Waals surface area contributed by atoms with Gasteiger partial charge in [0, 0.05) is 25.2 Å². The van der Waals surface area contributed by atoms with Crippen molar-refractivity contribution in [3.63, 3.8) is 0 Å². The summed E-state index contributed by atoms with van der Waals surface area (Å²) >= 11 is 0. The first-order valence-corrected chi connectivity index (χ1v) is 11.7. The SMILES string of the molecule is CC(CNC(=O)c1cccc(S(=O)(=O)N(C)C2CCCCC2)c1)c1ccccc1. The highest BCUT2D eigenvalue weighted by molar-refractivity contribution is 7.89. The van der Waals surface area contributed by atoms with Crippen LogP contribution < -0.4 is 5.32 Å². The highest BCUT2D eigenvalue weighted by Gasteiger charge is 2.29. The topological polar surface area (TPSA) is 66.5 Å². The van der Waals surface area contributed by atoms with E-state index in [4.69, 9.17) is 0 Å². The molecule has 1 aliphatic rings. The van der Waals surface area contributed by atoms with Crippen molar-refractivity contribution in [1.82, 2.24) is 9.62 Å². The fourth-order valence-electron chi connectivity index (χ4n) is 3.85. The molecular formula is C23H30N2O3S. The number of benzene rings is 2. The number of carbonyl (C=O) groups is 1. The molecule has 3 rings (SSSR count). The standard InChI is InChI=1S/C23H30N2O3S/c1-18(19-10-5-3-6-11-19)17-24-23(26)20-12-9-15-22(16-20)29(27,28)25(2)21-13-7-4-8-14-21/h3,5-6,9-12,15-16,18,21H,4,7-8,13-14,17H2,1-2H3,(H,24,26). The number of sulfonamides is 1. The van der Waals surface area contributed by atoms with Gasteiger partial charge in [0.15, 0.2) is 0 Å². The first-order valence-electron chi connectivity index (χ1n) is 10.3. The largest absolute Gasteiger partial charge is 0.351 e. The van der Waals surface area contributed by atoms with Gasteiger partial charge < -0.3 is 5.32 Å². The molecule has 1 atom stereocenters. The molecule has 1 aliphatic carbocycles. The fraction of sp³-hybridized carbons (Fsp3) is 0.435. The maximum atomic E-state index is 13.1. The van der Waals surface area contributed by atoms with E-state index in [9.17, 15) is 13.2 Å². The molecule has 6 heteroatoms. The summed E-state index contributed by atoms with van der Waals surface area (Å²) in [6, 6.07) is 16.4. The molecule has 0 bridgehead atoms. The molecule has 1 saturated carbocycles. The van der Waals surface area contributed by atoms with Crippen LogP contribution in [0.5, 0.6) is 0 Å². The third kappa shape index (κ3) is 5.25. The van der Waals surface area contributed by atoms with Gasteiger partial charge >= 0.3 is 0 Å². The molecule has 1 unspecified atom stereocenters. The van der Waals surface area contributed by atoms with Gasteiger partial charge in [-0.3, -0.25) is 4.79 Å². The van der Waals surface area contributed by atoms with Gasteiger partial charge in [-0.05, 0) is 42.5 Å². The Kier molecular flexibility index (Phi) is 7.09. The molecule has 0 radical (unpaired) electrons. The van der Waals surface area contributed by atoms with E-state index in [0.717, 1.165) is 31.2 Å². The zero-order chi connectivity index (χ0) is 20.9. The highest BCUT2D eigenvalue weighted by atomic mass is 32.2. The molecule has 29 heavy (non-hydrogen) atoms. The Bertz CT molecular complexity index is 922. The minimum atomic E-state index is -3.62. The van der Waals surface area contributed by atoms with Crippen LogP contribution >= 0.6 is 0 Å². The Hall–Kier alpha value is -2.18. The van der Waals surface area contributed by atoms with Gasteiger partial charge in [0.25, 0.3) is 5.91 Å². The van der Waals surface area contributed by atoms with Crippen molar-refractivity contribution in [2.24, 2.45) is 0 Å². The monoisotopic (exact) mass is 414 g/mol. The number of nitrogens with one attached hydrogen (secondary N) is 1. The smallest absolute Gasteiger partial charge is 0.251 e. The lowest BCUT2D eigenvalue weighted by atomic mass is 9.96. The molecule has 2 aromatic rings. The van der Waals surface area contributed by atoms with Crippen LogP contribution in [-0.4, -0.2) is 38.3 Å². The van der Waals surface area contributed by atoms with E-state index in [1.807, 2.05) is 30.3 Å². The van der Waals surface area contributed by atoms with Crippen molar-refractivity contribution in [2.45, 2.75) is 55.9 Å². The molecule has 156 valence electrons. The minimum absolute atomic E-state index is 0.0398. The van der Waals surface area contributed by atoms with Crippen LogP contribution in [0.2, 0.25) is 0 Å². The van der Waals surface area contributed by atoms with Crippen LogP contribution in [0.4, 0.5) is 0 Å². The Morgan fingerprint density at radius 1 is 1.07 bits per heavy atom. The van der Waals surface area contributed by atoms with Gasteiger partial charge in [-0.1, -0.05) is 62.6 Å². The van der Waals surface area contributed by atoms with Crippen LogP contribution in [0.1, 0.15) is 60.9 Å². The third-order valence-electron chi connectivity index (χ3n) is 5.80. The average molecular weight is 415 g/mol. The third-order valence-corrected chi connectivity index (χ3v) is 7.71. The van der Waals surface area contributed by atoms with E-state index in [1.54, 1.807) is 25.2 Å². The first-order chi connectivity index (χ1) is 13.9. The van der Waals surface area contributed by atoms with Crippen molar-refractivity contribution >= 4 is 15.9 Å². The van der Waals surface area contributed by atoms with E-state index in [-0.39, 0.29) is 22.8 Å². The Morgan fingerprint density at radius 2 is 1.76 bits per heavy atom. The maximum absolute atomic E-state index is 13.1. The minimum Gasteiger partial charge on any atom is -0.351 e. The lowest BCUT2D eigenvalue weighted by Gasteiger charge is -2.30. The lowest BCUT2D eigenvalue weighted by Crippen LogP contribution is -2.38. The molecule has 0 saturated heterocycles. The van der Waals surface area contributed by atoms with Gasteiger partial charge in [-0.15, -0.1) is 0 Å². The summed E-state index contributed by atoms with van der Waals surface area (Å²) in [5.41, 5.74) is 1.52. The second-order valence-electron chi connectivity index (χ2n) is 7.86. The second kappa shape index (κ2) is 9.55. The second-order valence-corrected chi connectivity index (χ2v) is 9.86. The van der Waals surface area contributed by atoms with Crippen molar-refractivity contribution in [1.29, 1.82) is 0 Å². The number of hydrogen-bond donors (Lipinski definition) is 1.